The van der Waals surface area contributed by atoms with Crippen molar-refractivity contribution in [2.24, 2.45) is 0 Å². The molecule has 0 bridgehead atoms. The molecule has 0 aliphatic rings. The van der Waals surface area contributed by atoms with Crippen LogP contribution in [0.15, 0.2) is 45.8 Å². The van der Waals surface area contributed by atoms with Crippen molar-refractivity contribution in [3.63, 3.8) is 0 Å². The van der Waals surface area contributed by atoms with Crippen molar-refractivity contribution in [1.29, 1.82) is 0 Å². The minimum Gasteiger partial charge on any atom is -0.508 e. The van der Waals surface area contributed by atoms with Crippen molar-refractivity contribution in [1.82, 2.24) is 0 Å². The number of hydrogen-bond donors (Lipinski definition) is 2. The topological polar surface area (TPSA) is 66.4 Å². The highest BCUT2D eigenvalue weighted by molar-refractivity contribution is 9.10. The molecule has 20 heavy (non-hydrogen) atoms. The quantitative estimate of drug-likeness (QED) is 0.825. The fraction of sp³-hybridized carbons (Fsp3) is 0.0769. The van der Waals surface area contributed by atoms with E-state index < -0.39 is 15.8 Å². The fourth-order valence-corrected chi connectivity index (χ4v) is 2.88. The van der Waals surface area contributed by atoms with Crippen LogP contribution in [0.2, 0.25) is 0 Å². The van der Waals surface area contributed by atoms with Gasteiger partial charge in [-0.05, 0) is 64.8 Å². The number of aryl methyl sites for hydroxylation is 1. The summed E-state index contributed by atoms with van der Waals surface area (Å²) in [4.78, 5) is -0.177. The summed E-state index contributed by atoms with van der Waals surface area (Å²) in [6, 6.07) is 7.85. The maximum absolute atomic E-state index is 13.4. The Labute approximate surface area is 124 Å². The van der Waals surface area contributed by atoms with Crippen LogP contribution in [-0.2, 0) is 10.0 Å². The van der Waals surface area contributed by atoms with Crippen LogP contribution in [0.4, 0.5) is 10.1 Å². The van der Waals surface area contributed by atoms with Gasteiger partial charge in [-0.1, -0.05) is 0 Å². The third-order valence-corrected chi connectivity index (χ3v) is 4.67. The van der Waals surface area contributed by atoms with E-state index >= 15 is 0 Å². The van der Waals surface area contributed by atoms with Gasteiger partial charge >= 0.3 is 0 Å². The molecule has 2 N–H and O–H groups in total. The lowest BCUT2D eigenvalue weighted by atomic mass is 10.2. The van der Waals surface area contributed by atoms with Gasteiger partial charge in [0, 0.05) is 5.69 Å². The molecule has 2 aromatic carbocycles. The van der Waals surface area contributed by atoms with Crippen LogP contribution in [0, 0.1) is 12.7 Å². The lowest BCUT2D eigenvalue weighted by Gasteiger charge is -2.09. The first kappa shape index (κ1) is 14.8. The molecule has 0 amide bonds. The summed E-state index contributed by atoms with van der Waals surface area (Å²) in [5, 5.41) is 9.39. The predicted octanol–water partition coefficient (Wildman–Crippen LogP) is 3.40. The smallest absolute Gasteiger partial charge is 0.261 e. The van der Waals surface area contributed by atoms with Crippen molar-refractivity contribution in [3.8, 4) is 5.75 Å². The summed E-state index contributed by atoms with van der Waals surface area (Å²) >= 11 is 2.96. The van der Waals surface area contributed by atoms with Gasteiger partial charge in [0.15, 0.2) is 0 Å². The minimum absolute atomic E-state index is 0.0719. The molecule has 106 valence electrons. The van der Waals surface area contributed by atoms with Crippen molar-refractivity contribution < 1.29 is 17.9 Å². The fourth-order valence-electron chi connectivity index (χ4n) is 1.58. The number of halogens is 2. The number of nitrogens with one attached hydrogen (secondary N) is 1. The lowest BCUT2D eigenvalue weighted by molar-refractivity contribution is 0.471. The molecule has 2 aromatic rings. The van der Waals surface area contributed by atoms with Crippen molar-refractivity contribution in [2.75, 3.05) is 4.72 Å². The molecule has 0 fully saturated rings. The lowest BCUT2D eigenvalue weighted by Crippen LogP contribution is -2.13. The number of phenols is 1. The average molecular weight is 360 g/mol. The van der Waals surface area contributed by atoms with E-state index in [1.165, 1.54) is 30.3 Å². The highest BCUT2D eigenvalue weighted by Gasteiger charge is 2.16. The third kappa shape index (κ3) is 3.10. The average Bonchev–Trinajstić information content (AvgIpc) is 2.37. The van der Waals surface area contributed by atoms with Gasteiger partial charge in [0.25, 0.3) is 10.0 Å². The molecule has 0 spiro atoms. The summed E-state index contributed by atoms with van der Waals surface area (Å²) in [6.45, 7) is 1.65. The molecule has 0 saturated carbocycles. The van der Waals surface area contributed by atoms with Crippen molar-refractivity contribution >= 4 is 31.6 Å². The van der Waals surface area contributed by atoms with Crippen LogP contribution in [0.3, 0.4) is 0 Å². The van der Waals surface area contributed by atoms with Gasteiger partial charge < -0.3 is 5.11 Å². The normalized spacial score (nSPS) is 11.3. The number of hydrogen-bond acceptors (Lipinski definition) is 3. The number of phenolic OH excluding ortho intramolecular Hbond substituents is 1. The van der Waals surface area contributed by atoms with Gasteiger partial charge in [-0.2, -0.15) is 0 Å². The standard InChI is InChI=1S/C13H11BrFNO3S/c1-8-6-9(2-5-13(8)17)16-20(18,19)10-3-4-11(14)12(15)7-10/h2-7,16-17H,1H3. The number of benzene rings is 2. The monoisotopic (exact) mass is 359 g/mol. The molecule has 4 nitrogen and oxygen atoms in total. The van der Waals surface area contributed by atoms with E-state index in [1.54, 1.807) is 6.92 Å². The Hall–Kier alpha value is -1.60. The summed E-state index contributed by atoms with van der Waals surface area (Å²) in [5.74, 6) is -0.586. The Balaban J connectivity index is 2.35. The highest BCUT2D eigenvalue weighted by atomic mass is 79.9. The zero-order chi connectivity index (χ0) is 14.9. The molecule has 0 radical (unpaired) electrons. The molecule has 0 unspecified atom stereocenters. The molecule has 0 heterocycles. The summed E-state index contributed by atoms with van der Waals surface area (Å²) < 4.78 is 40.1. The zero-order valence-corrected chi connectivity index (χ0v) is 12.8. The van der Waals surface area contributed by atoms with E-state index in [1.807, 2.05) is 0 Å². The van der Waals surface area contributed by atoms with Gasteiger partial charge in [-0.25, -0.2) is 12.8 Å². The zero-order valence-electron chi connectivity index (χ0n) is 10.4. The first-order valence-corrected chi connectivity index (χ1v) is 7.85. The molecule has 7 heteroatoms. The number of sulfonamides is 1. The Morgan fingerprint density at radius 1 is 1.20 bits per heavy atom. The van der Waals surface area contributed by atoms with E-state index in [2.05, 4.69) is 20.7 Å². The van der Waals surface area contributed by atoms with E-state index in [-0.39, 0.29) is 15.1 Å². The largest absolute Gasteiger partial charge is 0.508 e. The SMILES string of the molecule is Cc1cc(NS(=O)(=O)c2ccc(Br)c(F)c2)ccc1O. The second-order valence-corrected chi connectivity index (χ2v) is 6.72. The molecule has 0 aliphatic heterocycles. The predicted molar refractivity (Wildman–Crippen MR) is 77.8 cm³/mol. The van der Waals surface area contributed by atoms with Crippen LogP contribution in [0.25, 0.3) is 0 Å². The first-order valence-electron chi connectivity index (χ1n) is 5.57. The van der Waals surface area contributed by atoms with Gasteiger partial charge in [-0.3, -0.25) is 4.72 Å². The molecule has 0 atom stereocenters. The molecule has 0 saturated heterocycles. The van der Waals surface area contributed by atoms with Gasteiger partial charge in [-0.15, -0.1) is 0 Å². The maximum Gasteiger partial charge on any atom is 0.261 e. The van der Waals surface area contributed by atoms with E-state index in [0.29, 0.717) is 11.3 Å². The van der Waals surface area contributed by atoms with Crippen LogP contribution >= 0.6 is 15.9 Å². The van der Waals surface area contributed by atoms with Crippen molar-refractivity contribution in [3.05, 3.63) is 52.3 Å². The highest BCUT2D eigenvalue weighted by Crippen LogP contribution is 2.24. The summed E-state index contributed by atoms with van der Waals surface area (Å²) in [5.41, 5.74) is 0.829. The number of aromatic hydroxyl groups is 1. The Morgan fingerprint density at radius 2 is 1.90 bits per heavy atom. The van der Waals surface area contributed by atoms with Crippen LogP contribution < -0.4 is 4.72 Å². The van der Waals surface area contributed by atoms with E-state index in [0.717, 1.165) is 6.07 Å². The maximum atomic E-state index is 13.4. The summed E-state index contributed by atoms with van der Waals surface area (Å²) in [6.07, 6.45) is 0. The van der Waals surface area contributed by atoms with Crippen LogP contribution in [0.1, 0.15) is 5.56 Å². The number of rotatable bonds is 3. The van der Waals surface area contributed by atoms with Gasteiger partial charge in [0.1, 0.15) is 11.6 Å². The van der Waals surface area contributed by atoms with Crippen LogP contribution in [0.5, 0.6) is 5.75 Å². The van der Waals surface area contributed by atoms with Crippen LogP contribution in [-0.4, -0.2) is 13.5 Å². The Kier molecular flexibility index (Phi) is 4.01. The minimum atomic E-state index is -3.87. The van der Waals surface area contributed by atoms with Crippen molar-refractivity contribution in [2.45, 2.75) is 11.8 Å². The molecule has 0 aromatic heterocycles. The van der Waals surface area contributed by atoms with Gasteiger partial charge in [0.05, 0.1) is 9.37 Å². The second-order valence-electron chi connectivity index (χ2n) is 4.18. The Morgan fingerprint density at radius 3 is 2.50 bits per heavy atom. The second kappa shape index (κ2) is 5.41. The van der Waals surface area contributed by atoms with E-state index in [9.17, 15) is 17.9 Å². The van der Waals surface area contributed by atoms with E-state index in [4.69, 9.17) is 0 Å². The molecule has 2 rings (SSSR count). The molecular weight excluding hydrogens is 349 g/mol. The third-order valence-electron chi connectivity index (χ3n) is 2.65. The Bertz CT molecular complexity index is 762. The van der Waals surface area contributed by atoms with Gasteiger partial charge in [0.2, 0.25) is 0 Å². The first-order chi connectivity index (χ1) is 9.29. The molecular formula is C13H11BrFNO3S. The summed E-state index contributed by atoms with van der Waals surface area (Å²) in [7, 11) is -3.87. The molecule has 0 aliphatic carbocycles. The number of anilines is 1.